The Kier molecular flexibility index (Phi) is 8.00. The summed E-state index contributed by atoms with van der Waals surface area (Å²) in [5.74, 6) is -0.0407. The van der Waals surface area contributed by atoms with Crippen molar-refractivity contribution < 1.29 is 18.7 Å². The van der Waals surface area contributed by atoms with E-state index in [1.807, 2.05) is 18.3 Å². The monoisotopic (exact) mass is 594 g/mol. The Balaban J connectivity index is 1.11. The number of urea groups is 1. The molecule has 3 amide bonds. The molecule has 6 rings (SSSR count). The Morgan fingerprint density at radius 1 is 1.05 bits per heavy atom. The van der Waals surface area contributed by atoms with Gasteiger partial charge in [0, 0.05) is 69.0 Å². The number of carbonyl (C=O) groups excluding carboxylic acids is 2. The van der Waals surface area contributed by atoms with Gasteiger partial charge in [0.2, 0.25) is 5.91 Å². The van der Waals surface area contributed by atoms with Gasteiger partial charge in [0.25, 0.3) is 0 Å². The van der Waals surface area contributed by atoms with E-state index in [9.17, 15) is 14.0 Å². The Labute approximate surface area is 245 Å². The number of piperazine rings is 1. The van der Waals surface area contributed by atoms with Crippen LogP contribution in [0.1, 0.15) is 18.4 Å². The smallest absolute Gasteiger partial charge is 0.319 e. The molecule has 0 bridgehead atoms. The molecule has 4 heterocycles. The molecular formula is C29H28ClFN6O3S. The number of halogens is 2. The Bertz CT molecular complexity index is 1570. The maximum absolute atomic E-state index is 14.9. The normalized spacial score (nSPS) is 15.6. The average molecular weight is 595 g/mol. The van der Waals surface area contributed by atoms with Crippen LogP contribution in [0.25, 0.3) is 20.8 Å². The molecule has 0 spiro atoms. The Hall–Kier alpha value is -3.80. The highest BCUT2D eigenvalue weighted by molar-refractivity contribution is 7.22. The zero-order valence-electron chi connectivity index (χ0n) is 22.1. The molecule has 1 aromatic carbocycles. The molecule has 9 nitrogen and oxygen atoms in total. The number of anilines is 1. The predicted octanol–water partition coefficient (Wildman–Crippen LogP) is 5.46. The number of thiophene rings is 1. The number of carbonyl (C=O) groups is 2. The molecule has 2 aliphatic rings. The van der Waals surface area contributed by atoms with Gasteiger partial charge in [0.05, 0.1) is 20.8 Å². The van der Waals surface area contributed by atoms with Crippen molar-refractivity contribution >= 4 is 50.8 Å². The average Bonchev–Trinajstić information content (AvgIpc) is 3.68. The summed E-state index contributed by atoms with van der Waals surface area (Å²) >= 11 is 7.15. The van der Waals surface area contributed by atoms with Crippen LogP contribution in [0.4, 0.5) is 14.9 Å². The minimum atomic E-state index is -0.583. The lowest BCUT2D eigenvalue weighted by molar-refractivity contribution is -0.130. The second kappa shape index (κ2) is 12.0. The molecule has 1 saturated carbocycles. The molecule has 4 aromatic rings. The van der Waals surface area contributed by atoms with Gasteiger partial charge in [-0.15, -0.1) is 22.9 Å². The minimum Gasteiger partial charge on any atom is -0.453 e. The maximum Gasteiger partial charge on any atom is 0.319 e. The van der Waals surface area contributed by atoms with Gasteiger partial charge in [-0.2, -0.15) is 0 Å². The molecule has 3 aromatic heterocycles. The zero-order valence-corrected chi connectivity index (χ0v) is 23.7. The lowest BCUT2D eigenvalue weighted by atomic mass is 10.2. The zero-order chi connectivity index (χ0) is 28.3. The number of pyridine rings is 2. The van der Waals surface area contributed by atoms with Crippen LogP contribution in [-0.4, -0.2) is 69.8 Å². The highest BCUT2D eigenvalue weighted by Crippen LogP contribution is 2.39. The molecule has 1 aliphatic carbocycles. The van der Waals surface area contributed by atoms with Gasteiger partial charge in [0.1, 0.15) is 11.6 Å². The predicted molar refractivity (Wildman–Crippen MR) is 157 cm³/mol. The molecule has 0 radical (unpaired) electrons. The maximum atomic E-state index is 14.9. The third-order valence-electron chi connectivity index (χ3n) is 7.02. The van der Waals surface area contributed by atoms with E-state index in [0.717, 1.165) is 58.8 Å². The summed E-state index contributed by atoms with van der Waals surface area (Å²) in [5.41, 5.74) is 2.98. The first-order valence-corrected chi connectivity index (χ1v) is 14.7. The number of rotatable bonds is 8. The number of benzene rings is 1. The topological polar surface area (TPSA) is 99.7 Å². The molecular weight excluding hydrogens is 567 g/mol. The summed E-state index contributed by atoms with van der Waals surface area (Å²) in [4.78, 5) is 37.9. The number of aromatic nitrogens is 2. The van der Waals surface area contributed by atoms with Gasteiger partial charge >= 0.3 is 6.03 Å². The number of hydrogen-bond donors (Lipinski definition) is 2. The first-order chi connectivity index (χ1) is 19.9. The van der Waals surface area contributed by atoms with Crippen molar-refractivity contribution in [2.24, 2.45) is 0 Å². The summed E-state index contributed by atoms with van der Waals surface area (Å²) in [7, 11) is 0. The summed E-state index contributed by atoms with van der Waals surface area (Å²) < 4.78 is 21.6. The summed E-state index contributed by atoms with van der Waals surface area (Å²) in [6.45, 7) is 3.71. The Morgan fingerprint density at radius 2 is 1.88 bits per heavy atom. The molecule has 12 heteroatoms. The third kappa shape index (κ3) is 6.58. The van der Waals surface area contributed by atoms with Crippen molar-refractivity contribution in [1.29, 1.82) is 0 Å². The molecule has 212 valence electrons. The number of alkyl halides is 1. The van der Waals surface area contributed by atoms with Crippen LogP contribution in [-0.2, 0) is 11.3 Å². The number of fused-ring (bicyclic) bond motifs is 1. The minimum absolute atomic E-state index is 0.0195. The first-order valence-electron chi connectivity index (χ1n) is 13.4. The molecule has 41 heavy (non-hydrogen) atoms. The van der Waals surface area contributed by atoms with E-state index in [2.05, 4.69) is 31.6 Å². The molecule has 1 aliphatic heterocycles. The van der Waals surface area contributed by atoms with Gasteiger partial charge in [-0.1, -0.05) is 6.07 Å². The summed E-state index contributed by atoms with van der Waals surface area (Å²) in [6.07, 6.45) is 5.44. The fourth-order valence-electron chi connectivity index (χ4n) is 4.64. The van der Waals surface area contributed by atoms with Crippen molar-refractivity contribution in [3.05, 3.63) is 66.2 Å². The standard InChI is InChI=1S/C29H28ClFN6O3S/c30-15-27(38)37-11-9-36(10-12-37)17-18-1-5-22(33-16-18)26-14-23-28(41-26)25(7-8-32-23)40-24-6-4-20(13-21(24)31)35-29(39)34-19-2-3-19/h1,4-8,13-14,16,19H,2-3,9-12,15,17H2,(H2,34,35,39). The van der Waals surface area contributed by atoms with Crippen molar-refractivity contribution in [3.8, 4) is 22.1 Å². The van der Waals surface area contributed by atoms with Crippen molar-refractivity contribution in [2.45, 2.75) is 25.4 Å². The molecule has 1 saturated heterocycles. The number of ether oxygens (including phenoxy) is 1. The van der Waals surface area contributed by atoms with E-state index < -0.39 is 5.82 Å². The van der Waals surface area contributed by atoms with E-state index >= 15 is 0 Å². The second-order valence-corrected chi connectivity index (χ2v) is 11.4. The van der Waals surface area contributed by atoms with Crippen LogP contribution in [0.15, 0.2) is 54.9 Å². The van der Waals surface area contributed by atoms with E-state index in [1.54, 1.807) is 23.2 Å². The fourth-order valence-corrected chi connectivity index (χ4v) is 5.85. The van der Waals surface area contributed by atoms with Crippen molar-refractivity contribution in [2.75, 3.05) is 37.4 Å². The quantitative estimate of drug-likeness (QED) is 0.263. The molecule has 2 N–H and O–H groups in total. The largest absolute Gasteiger partial charge is 0.453 e. The summed E-state index contributed by atoms with van der Waals surface area (Å²) in [5, 5.41) is 5.46. The molecule has 0 unspecified atom stereocenters. The number of amides is 3. The number of nitrogens with zero attached hydrogens (tertiary/aromatic N) is 4. The molecule has 0 atom stereocenters. The first kappa shape index (κ1) is 27.4. The lowest BCUT2D eigenvalue weighted by Crippen LogP contribution is -2.48. The van der Waals surface area contributed by atoms with Gasteiger partial charge < -0.3 is 20.3 Å². The van der Waals surface area contributed by atoms with Gasteiger partial charge in [-0.3, -0.25) is 19.7 Å². The van der Waals surface area contributed by atoms with Gasteiger partial charge in [-0.25, -0.2) is 9.18 Å². The number of hydrogen-bond acceptors (Lipinski definition) is 7. The van der Waals surface area contributed by atoms with Crippen molar-refractivity contribution in [3.63, 3.8) is 0 Å². The lowest BCUT2D eigenvalue weighted by Gasteiger charge is -2.34. The molecule has 2 fully saturated rings. The summed E-state index contributed by atoms with van der Waals surface area (Å²) in [6, 6.07) is 11.9. The highest BCUT2D eigenvalue weighted by Gasteiger charge is 2.23. The van der Waals surface area contributed by atoms with E-state index in [1.165, 1.54) is 23.5 Å². The van der Waals surface area contributed by atoms with Crippen LogP contribution in [0.5, 0.6) is 11.5 Å². The van der Waals surface area contributed by atoms with Crippen LogP contribution < -0.4 is 15.4 Å². The van der Waals surface area contributed by atoms with Gasteiger partial charge in [0.15, 0.2) is 11.6 Å². The van der Waals surface area contributed by atoms with Crippen molar-refractivity contribution in [1.82, 2.24) is 25.1 Å². The number of nitrogens with one attached hydrogen (secondary N) is 2. The van der Waals surface area contributed by atoms with Crippen LogP contribution in [0.2, 0.25) is 0 Å². The fraction of sp³-hybridized carbons (Fsp3) is 0.310. The van der Waals surface area contributed by atoms with Crippen LogP contribution >= 0.6 is 22.9 Å². The van der Waals surface area contributed by atoms with E-state index in [-0.39, 0.29) is 29.6 Å². The van der Waals surface area contributed by atoms with Gasteiger partial charge in [-0.05, 0) is 42.7 Å². The van der Waals surface area contributed by atoms with Crippen LogP contribution in [0.3, 0.4) is 0 Å². The van der Waals surface area contributed by atoms with Crippen LogP contribution in [0, 0.1) is 5.82 Å². The van der Waals surface area contributed by atoms with E-state index in [0.29, 0.717) is 24.5 Å². The SMILES string of the molecule is O=C(Nc1ccc(Oc2ccnc3cc(-c4ccc(CN5CCN(C(=O)CCl)CC5)cn4)sc23)c(F)c1)NC1CC1. The highest BCUT2D eigenvalue weighted by atomic mass is 35.5. The Morgan fingerprint density at radius 3 is 2.59 bits per heavy atom. The van der Waals surface area contributed by atoms with E-state index in [4.69, 9.17) is 16.3 Å². The second-order valence-electron chi connectivity index (χ2n) is 10.1. The third-order valence-corrected chi connectivity index (χ3v) is 8.41.